The lowest BCUT2D eigenvalue weighted by Gasteiger charge is -2.01. The first kappa shape index (κ1) is 21.1. The minimum absolute atomic E-state index is 0. The lowest BCUT2D eigenvalue weighted by Crippen LogP contribution is -2.12. The van der Waals surface area contributed by atoms with Crippen LogP contribution in [0.15, 0.2) is 66.0 Å². The van der Waals surface area contributed by atoms with Gasteiger partial charge in [-0.25, -0.2) is 0 Å². The van der Waals surface area contributed by atoms with Gasteiger partial charge in [-0.05, 0) is 55.2 Å². The molecule has 0 atom stereocenters. The average Bonchev–Trinajstić information content (AvgIpc) is 2.80. The summed E-state index contributed by atoms with van der Waals surface area (Å²) in [5.74, 6) is -1.03. The van der Waals surface area contributed by atoms with E-state index in [4.69, 9.17) is 0 Å². The highest BCUT2D eigenvalue weighted by atomic mass is 16.2. The molecule has 0 saturated carbocycles. The van der Waals surface area contributed by atoms with Gasteiger partial charge in [0.2, 0.25) is 0 Å². The first-order valence-electron chi connectivity index (χ1n) is 8.88. The molecule has 1 aliphatic heterocycles. The van der Waals surface area contributed by atoms with E-state index in [-0.39, 0.29) is 1.43 Å². The molecule has 1 N–H and O–H groups in total. The van der Waals surface area contributed by atoms with Crippen molar-refractivity contribution in [3.63, 3.8) is 0 Å². The number of ketones is 1. The summed E-state index contributed by atoms with van der Waals surface area (Å²) in [4.78, 5) is 22.4. The van der Waals surface area contributed by atoms with Gasteiger partial charge >= 0.3 is 0 Å². The van der Waals surface area contributed by atoms with Gasteiger partial charge in [-0.2, -0.15) is 0 Å². The Balaban J connectivity index is 0.000000463. The zero-order chi connectivity index (χ0) is 19.7. The molecule has 1 aliphatic carbocycles. The third kappa shape index (κ3) is 5.58. The highest BCUT2D eigenvalue weighted by molar-refractivity contribution is 6.51. The van der Waals surface area contributed by atoms with E-state index in [2.05, 4.69) is 49.7 Å². The number of allylic oxidation sites excluding steroid dienone is 6. The van der Waals surface area contributed by atoms with Crippen LogP contribution < -0.4 is 5.32 Å². The minimum atomic E-state index is -0.557. The number of hydrogen-bond acceptors (Lipinski definition) is 2. The van der Waals surface area contributed by atoms with Crippen LogP contribution >= 0.6 is 0 Å². The Morgan fingerprint density at radius 1 is 1.23 bits per heavy atom. The smallest absolute Gasteiger partial charge is 0.296 e. The summed E-state index contributed by atoms with van der Waals surface area (Å²) >= 11 is 0. The summed E-state index contributed by atoms with van der Waals surface area (Å²) in [6.07, 6.45) is 9.42. The summed E-state index contributed by atoms with van der Waals surface area (Å²) in [7, 11) is 0. The average molecular weight is 351 g/mol. The highest BCUT2D eigenvalue weighted by Gasteiger charge is 2.27. The van der Waals surface area contributed by atoms with Crippen LogP contribution in [0.1, 0.15) is 58.4 Å². The molecule has 0 bridgehead atoms. The lowest BCUT2D eigenvalue weighted by molar-refractivity contribution is -0.112. The Kier molecular flexibility index (Phi) is 8.27. The largest absolute Gasteiger partial charge is 0.318 e. The maximum absolute atomic E-state index is 11.3. The summed E-state index contributed by atoms with van der Waals surface area (Å²) < 4.78 is 0. The van der Waals surface area contributed by atoms with Crippen molar-refractivity contribution in [2.45, 2.75) is 41.0 Å². The van der Waals surface area contributed by atoms with E-state index in [1.54, 1.807) is 12.1 Å². The Labute approximate surface area is 158 Å². The Morgan fingerprint density at radius 3 is 2.54 bits per heavy atom. The van der Waals surface area contributed by atoms with Crippen molar-refractivity contribution in [3.05, 3.63) is 77.1 Å². The van der Waals surface area contributed by atoms with E-state index in [0.717, 1.165) is 17.6 Å². The topological polar surface area (TPSA) is 46.2 Å². The van der Waals surface area contributed by atoms with E-state index in [0.29, 0.717) is 11.3 Å². The van der Waals surface area contributed by atoms with Crippen molar-refractivity contribution in [1.82, 2.24) is 0 Å². The lowest BCUT2D eigenvalue weighted by atomic mass is 10.0. The normalized spacial score (nSPS) is 13.9. The predicted octanol–water partition coefficient (Wildman–Crippen LogP) is 6.12. The first-order chi connectivity index (χ1) is 12.4. The zero-order valence-corrected chi connectivity index (χ0v) is 16.3. The third-order valence-corrected chi connectivity index (χ3v) is 3.78. The van der Waals surface area contributed by atoms with Crippen LogP contribution in [0.2, 0.25) is 0 Å². The molecule has 3 nitrogen and oxygen atoms in total. The molecule has 0 spiro atoms. The number of rotatable bonds is 2. The number of nitrogens with one attached hydrogen (secondary N) is 1. The number of carbonyl (C=O) groups excluding carboxylic acids is 2. The molecule has 1 amide bonds. The first-order valence-corrected chi connectivity index (χ1v) is 8.88. The fourth-order valence-corrected chi connectivity index (χ4v) is 2.26. The van der Waals surface area contributed by atoms with Crippen molar-refractivity contribution < 1.29 is 11.0 Å². The fourth-order valence-electron chi connectivity index (χ4n) is 2.26. The molecular formula is C23H29NO2. The van der Waals surface area contributed by atoms with Gasteiger partial charge in [0.1, 0.15) is 0 Å². The maximum atomic E-state index is 11.3. The molecule has 0 fully saturated rings. The van der Waals surface area contributed by atoms with Crippen molar-refractivity contribution >= 4 is 23.0 Å². The van der Waals surface area contributed by atoms with Crippen LogP contribution in [0, 0.1) is 0 Å². The molecule has 0 radical (unpaired) electrons. The quantitative estimate of drug-likeness (QED) is 0.515. The van der Waals surface area contributed by atoms with Crippen molar-refractivity contribution in [2.24, 2.45) is 0 Å². The molecule has 26 heavy (non-hydrogen) atoms. The number of carbonyl (C=O) groups is 2. The third-order valence-electron chi connectivity index (χ3n) is 3.78. The van der Waals surface area contributed by atoms with Gasteiger partial charge in [-0.3, -0.25) is 9.59 Å². The number of Topliss-reactive ketones (excluding diaryl/α,β-unsaturated/α-hetero) is 1. The van der Waals surface area contributed by atoms with Crippen molar-refractivity contribution in [2.75, 3.05) is 5.32 Å². The summed E-state index contributed by atoms with van der Waals surface area (Å²) in [6.45, 7) is 13.8. The standard InChI is InChI=1S/C11H9NO2.C10H12.C2H6.H2/c1-6(2)7-3-4-9-8(5-7)10(13)11(14)12-9;1-3-10-6-4-5-9(2)7-8-10;1-2;/h3-5H,1H2,2H3,(H,12,13,14);4,6-8H,3H2,1-2H3;1-2H3;1H. The number of amides is 1. The SMILES string of the molecule is C=C(C)c1ccc2c(c1)C(=O)C(=O)N2.CC.CCC1=CC=C=C(C)C=C1.[HH]. The summed E-state index contributed by atoms with van der Waals surface area (Å²) in [5.41, 5.74) is 8.48. The van der Waals surface area contributed by atoms with Gasteiger partial charge < -0.3 is 5.32 Å². The molecule has 1 aromatic rings. The van der Waals surface area contributed by atoms with Crippen LogP contribution in [-0.4, -0.2) is 11.7 Å². The maximum Gasteiger partial charge on any atom is 0.296 e. The van der Waals surface area contributed by atoms with Crippen LogP contribution in [0.5, 0.6) is 0 Å². The Morgan fingerprint density at radius 2 is 1.92 bits per heavy atom. The monoisotopic (exact) mass is 351 g/mol. The van der Waals surface area contributed by atoms with Gasteiger partial charge in [0.15, 0.2) is 0 Å². The van der Waals surface area contributed by atoms with Gasteiger partial charge in [0.05, 0.1) is 11.3 Å². The molecule has 2 aliphatic rings. The molecule has 0 saturated heterocycles. The van der Waals surface area contributed by atoms with Gasteiger partial charge in [-0.15, -0.1) is 5.73 Å². The minimum Gasteiger partial charge on any atom is -0.318 e. The van der Waals surface area contributed by atoms with E-state index < -0.39 is 11.7 Å². The molecule has 3 heteroatoms. The Hall–Kier alpha value is -2.90. The second-order valence-electron chi connectivity index (χ2n) is 5.75. The second kappa shape index (κ2) is 10.2. The highest BCUT2D eigenvalue weighted by Crippen LogP contribution is 2.26. The van der Waals surface area contributed by atoms with E-state index >= 15 is 0 Å². The van der Waals surface area contributed by atoms with Gasteiger partial charge in [0.25, 0.3) is 11.7 Å². The molecule has 0 aromatic heterocycles. The Bertz CT molecular complexity index is 838. The molecule has 3 rings (SSSR count). The van der Waals surface area contributed by atoms with Crippen LogP contribution in [0.4, 0.5) is 5.69 Å². The molecule has 0 unspecified atom stereocenters. The van der Waals surface area contributed by atoms with Gasteiger partial charge in [-0.1, -0.05) is 57.2 Å². The van der Waals surface area contributed by atoms with E-state index in [1.807, 2.05) is 32.9 Å². The van der Waals surface area contributed by atoms with E-state index in [1.165, 1.54) is 11.1 Å². The molecule has 1 heterocycles. The summed E-state index contributed by atoms with van der Waals surface area (Å²) in [5, 5.41) is 2.50. The van der Waals surface area contributed by atoms with Crippen LogP contribution in [0.3, 0.4) is 0 Å². The fraction of sp³-hybridized carbons (Fsp3) is 0.261. The number of fused-ring (bicyclic) bond motifs is 1. The van der Waals surface area contributed by atoms with E-state index in [9.17, 15) is 9.59 Å². The number of benzene rings is 1. The van der Waals surface area contributed by atoms with Gasteiger partial charge in [0, 0.05) is 1.43 Å². The van der Waals surface area contributed by atoms with Crippen LogP contribution in [-0.2, 0) is 4.79 Å². The molecule has 1 aromatic carbocycles. The van der Waals surface area contributed by atoms with Crippen LogP contribution in [0.25, 0.3) is 5.57 Å². The summed E-state index contributed by atoms with van der Waals surface area (Å²) in [6, 6.07) is 5.25. The number of anilines is 1. The predicted molar refractivity (Wildman–Crippen MR) is 112 cm³/mol. The molecule has 138 valence electrons. The second-order valence-corrected chi connectivity index (χ2v) is 5.75. The number of hydrogen-bond donors (Lipinski definition) is 1. The zero-order valence-electron chi connectivity index (χ0n) is 16.3. The van der Waals surface area contributed by atoms with Crippen molar-refractivity contribution in [1.29, 1.82) is 0 Å². The van der Waals surface area contributed by atoms with Crippen molar-refractivity contribution in [3.8, 4) is 0 Å². The molecular weight excluding hydrogens is 322 g/mol.